The number of alkyl halides is 3. The summed E-state index contributed by atoms with van der Waals surface area (Å²) in [5, 5.41) is 0.931. The number of halogens is 4. The molecule has 1 aliphatic heterocycles. The third kappa shape index (κ3) is 7.08. The third-order valence-corrected chi connectivity index (χ3v) is 4.50. The first-order chi connectivity index (χ1) is 15.0. The lowest BCUT2D eigenvalue weighted by atomic mass is 9.61. The molecule has 3 rings (SSSR count). The second kappa shape index (κ2) is 10.6. The first-order valence-electron chi connectivity index (χ1n) is 9.46. The summed E-state index contributed by atoms with van der Waals surface area (Å²) in [6.45, 7) is 4.20. The number of aromatic nitrogens is 2. The first-order valence-corrected chi connectivity index (χ1v) is 9.46. The number of likely N-dealkylation sites (tertiary alicyclic amines) is 1. The van der Waals surface area contributed by atoms with Gasteiger partial charge in [-0.2, -0.15) is 13.2 Å². The van der Waals surface area contributed by atoms with E-state index in [0.717, 1.165) is 24.5 Å². The Bertz CT molecular complexity index is 909. The number of carbonyl (C=O) groups excluding carboxylic acids is 1. The van der Waals surface area contributed by atoms with E-state index in [1.807, 2.05) is 0 Å². The number of ether oxygens (including phenoxy) is 1. The molecule has 4 radical (unpaired) electrons. The largest absolute Gasteiger partial charge is 0.416 e. The predicted molar refractivity (Wildman–Crippen MR) is 112 cm³/mol. The van der Waals surface area contributed by atoms with Gasteiger partial charge >= 0.3 is 6.18 Å². The molecule has 1 saturated heterocycles. The van der Waals surface area contributed by atoms with Crippen LogP contribution in [0.4, 0.5) is 23.5 Å². The van der Waals surface area contributed by atoms with Gasteiger partial charge in [-0.1, -0.05) is 18.7 Å². The standard InChI is InChI=1S/C15H14B2F3NO2.C5H6FN3/c1-2-13(22)21-8-7-12(9-21)23-14(16,17)10-3-5-11(6-4-10)15(18,19)20;1-7-5-8-2-4(6)3-9-5/h2-6,12H,1,7-9H2;2-3H,1H3,(H,7,8,9). The average Bonchev–Trinajstić information content (AvgIpc) is 3.21. The summed E-state index contributed by atoms with van der Waals surface area (Å²) in [4.78, 5) is 20.3. The van der Waals surface area contributed by atoms with Gasteiger partial charge in [-0.25, -0.2) is 14.4 Å². The van der Waals surface area contributed by atoms with Gasteiger partial charge in [0.2, 0.25) is 11.9 Å². The minimum absolute atomic E-state index is 0.217. The Balaban J connectivity index is 0.000000336. The molecule has 2 heterocycles. The van der Waals surface area contributed by atoms with Gasteiger partial charge in [-0.05, 0) is 30.2 Å². The lowest BCUT2D eigenvalue weighted by Crippen LogP contribution is -2.37. The van der Waals surface area contributed by atoms with Gasteiger partial charge in [0.25, 0.3) is 0 Å². The fourth-order valence-electron chi connectivity index (χ4n) is 2.86. The van der Waals surface area contributed by atoms with Crippen LogP contribution < -0.4 is 5.32 Å². The van der Waals surface area contributed by atoms with Crippen molar-refractivity contribution in [2.75, 3.05) is 25.5 Å². The number of hydrogen-bond donors (Lipinski definition) is 1. The molecule has 6 nitrogen and oxygen atoms in total. The van der Waals surface area contributed by atoms with Crippen LogP contribution in [0.2, 0.25) is 0 Å². The highest BCUT2D eigenvalue weighted by atomic mass is 19.4. The van der Waals surface area contributed by atoms with Gasteiger partial charge in [0.1, 0.15) is 15.7 Å². The summed E-state index contributed by atoms with van der Waals surface area (Å²) < 4.78 is 55.3. The number of benzene rings is 1. The molecule has 32 heavy (non-hydrogen) atoms. The molecule has 12 heteroatoms. The van der Waals surface area contributed by atoms with E-state index in [0.29, 0.717) is 25.5 Å². The van der Waals surface area contributed by atoms with Crippen LogP contribution in [0.25, 0.3) is 0 Å². The van der Waals surface area contributed by atoms with Gasteiger partial charge in [-0.3, -0.25) is 4.79 Å². The van der Waals surface area contributed by atoms with Gasteiger partial charge in [-0.15, -0.1) is 0 Å². The van der Waals surface area contributed by atoms with Crippen LogP contribution in [0, 0.1) is 5.82 Å². The smallest absolute Gasteiger partial charge is 0.385 e. The Hall–Kier alpha value is -2.88. The SMILES string of the molecule is CNc1ncc(F)cn1.[B]C([B])(OC1CCN(C(=O)C=C)C1)c1ccc(C(F)(F)F)cc1. The summed E-state index contributed by atoms with van der Waals surface area (Å²) in [5.74, 6) is -0.212. The molecule has 1 aromatic heterocycles. The molecular formula is C20H20B2F4N4O2. The lowest BCUT2D eigenvalue weighted by molar-refractivity contribution is -0.137. The Morgan fingerprint density at radius 2 is 1.78 bits per heavy atom. The quantitative estimate of drug-likeness (QED) is 0.435. The molecular weight excluding hydrogens is 426 g/mol. The van der Waals surface area contributed by atoms with Crippen molar-refractivity contribution in [3.8, 4) is 0 Å². The maximum Gasteiger partial charge on any atom is 0.416 e. The fourth-order valence-corrected chi connectivity index (χ4v) is 2.86. The van der Waals surface area contributed by atoms with Crippen molar-refractivity contribution in [3.63, 3.8) is 0 Å². The minimum atomic E-state index is -4.43. The number of carbonyl (C=O) groups is 1. The van der Waals surface area contributed by atoms with Gasteiger partial charge in [0.05, 0.1) is 24.1 Å². The molecule has 0 bridgehead atoms. The summed E-state index contributed by atoms with van der Waals surface area (Å²) in [6.07, 6.45) is -0.858. The maximum absolute atomic E-state index is 12.6. The first kappa shape index (κ1) is 25.4. The van der Waals surface area contributed by atoms with E-state index in [-0.39, 0.29) is 11.5 Å². The van der Waals surface area contributed by atoms with Crippen LogP contribution in [0.5, 0.6) is 0 Å². The monoisotopic (exact) mass is 446 g/mol. The number of hydrogen-bond acceptors (Lipinski definition) is 5. The predicted octanol–water partition coefficient (Wildman–Crippen LogP) is 2.61. The Morgan fingerprint density at radius 1 is 1.22 bits per heavy atom. The van der Waals surface area contributed by atoms with Crippen LogP contribution in [-0.2, 0) is 21.1 Å². The average molecular weight is 446 g/mol. The van der Waals surface area contributed by atoms with E-state index in [9.17, 15) is 22.4 Å². The second-order valence-electron chi connectivity index (χ2n) is 6.86. The van der Waals surface area contributed by atoms with Crippen LogP contribution in [0.3, 0.4) is 0 Å². The molecule has 1 atom stereocenters. The topological polar surface area (TPSA) is 67.4 Å². The van der Waals surface area contributed by atoms with E-state index < -0.39 is 29.1 Å². The molecule has 1 unspecified atom stereocenters. The molecule has 1 N–H and O–H groups in total. The molecule has 2 aromatic rings. The molecule has 0 spiro atoms. The number of nitrogens with zero attached hydrogens (tertiary/aromatic N) is 3. The second-order valence-corrected chi connectivity index (χ2v) is 6.86. The molecule has 1 amide bonds. The van der Waals surface area contributed by atoms with Crippen molar-refractivity contribution >= 4 is 27.5 Å². The fraction of sp³-hybridized carbons (Fsp3) is 0.350. The van der Waals surface area contributed by atoms with Gasteiger partial charge < -0.3 is 15.0 Å². The molecule has 166 valence electrons. The van der Waals surface area contributed by atoms with Crippen molar-refractivity contribution in [1.29, 1.82) is 0 Å². The van der Waals surface area contributed by atoms with Gasteiger partial charge in [0.15, 0.2) is 5.82 Å². The highest BCUT2D eigenvalue weighted by Gasteiger charge is 2.33. The normalized spacial score (nSPS) is 16.2. The van der Waals surface area contributed by atoms with Crippen LogP contribution >= 0.6 is 0 Å². The van der Waals surface area contributed by atoms with Crippen LogP contribution in [-0.4, -0.2) is 62.7 Å². The molecule has 1 aliphatic rings. The number of nitrogens with one attached hydrogen (secondary N) is 1. The van der Waals surface area contributed by atoms with E-state index in [1.54, 1.807) is 11.9 Å². The van der Waals surface area contributed by atoms with Gasteiger partial charge in [0, 0.05) is 25.5 Å². The maximum atomic E-state index is 12.6. The Morgan fingerprint density at radius 3 is 2.28 bits per heavy atom. The zero-order valence-corrected chi connectivity index (χ0v) is 17.3. The van der Waals surface area contributed by atoms with Crippen molar-refractivity contribution in [2.24, 2.45) is 0 Å². The number of anilines is 1. The lowest BCUT2D eigenvalue weighted by Gasteiger charge is -2.31. The summed E-state index contributed by atoms with van der Waals surface area (Å²) in [7, 11) is 13.4. The number of rotatable bonds is 5. The number of amides is 1. The highest BCUT2D eigenvalue weighted by molar-refractivity contribution is 6.38. The van der Waals surface area contributed by atoms with Crippen molar-refractivity contribution in [3.05, 3.63) is 66.3 Å². The van der Waals surface area contributed by atoms with Crippen LogP contribution in [0.15, 0.2) is 49.3 Å². The van der Waals surface area contributed by atoms with E-state index in [4.69, 9.17) is 20.4 Å². The highest BCUT2D eigenvalue weighted by Crippen LogP contribution is 2.31. The third-order valence-electron chi connectivity index (χ3n) is 4.50. The zero-order valence-electron chi connectivity index (χ0n) is 17.3. The Labute approximate surface area is 185 Å². The summed E-state index contributed by atoms with van der Waals surface area (Å²) in [6, 6.07) is 4.17. The van der Waals surface area contributed by atoms with E-state index >= 15 is 0 Å². The molecule has 0 aliphatic carbocycles. The van der Waals surface area contributed by atoms with E-state index in [1.165, 1.54) is 18.2 Å². The van der Waals surface area contributed by atoms with Crippen LogP contribution in [0.1, 0.15) is 17.5 Å². The molecule has 0 saturated carbocycles. The van der Waals surface area contributed by atoms with E-state index in [2.05, 4.69) is 21.9 Å². The van der Waals surface area contributed by atoms with Crippen molar-refractivity contribution in [2.45, 2.75) is 24.1 Å². The summed E-state index contributed by atoms with van der Waals surface area (Å²) >= 11 is 0. The van der Waals surface area contributed by atoms with Crippen molar-refractivity contribution in [1.82, 2.24) is 14.9 Å². The molecule has 1 aromatic carbocycles. The van der Waals surface area contributed by atoms with Crippen molar-refractivity contribution < 1.29 is 27.1 Å². The Kier molecular flexibility index (Phi) is 8.43. The zero-order chi connectivity index (χ0) is 23.9. The summed E-state index contributed by atoms with van der Waals surface area (Å²) in [5.41, 5.74) is -0.570. The minimum Gasteiger partial charge on any atom is -0.385 e. The molecule has 1 fully saturated rings.